The molecule has 4 aliphatic rings. The molecule has 0 fully saturated rings. The Morgan fingerprint density at radius 3 is 1.65 bits per heavy atom. The van der Waals surface area contributed by atoms with Crippen molar-refractivity contribution in [1.29, 1.82) is 0 Å². The van der Waals surface area contributed by atoms with Gasteiger partial charge in [0.05, 0.1) is 30.6 Å². The third-order valence-electron chi connectivity index (χ3n) is 17.8. The lowest BCUT2D eigenvalue weighted by Gasteiger charge is -2.40. The molecule has 3 amide bonds. The largest absolute Gasteiger partial charge is 0.369 e. The second-order valence-corrected chi connectivity index (χ2v) is 23.5. The quantitative estimate of drug-likeness (QED) is 0.0877. The van der Waals surface area contributed by atoms with E-state index >= 15 is 0 Å². The zero-order chi connectivity index (χ0) is 61.9. The summed E-state index contributed by atoms with van der Waals surface area (Å²) in [5, 5.41) is 6.66. The van der Waals surface area contributed by atoms with E-state index in [4.69, 9.17) is 5.73 Å². The molecule has 0 radical (unpaired) electrons. The summed E-state index contributed by atoms with van der Waals surface area (Å²) in [6, 6.07) is 48.7. The van der Waals surface area contributed by atoms with Gasteiger partial charge >= 0.3 is 0 Å². The standard InChI is InChI=1S/C32H35FN2O.C14H17NO.C14H19N.C8H8O.C7H13NO.ClH/c1-22-16-17-34(32(24(22)3)29-14-8-4-10-23(29)2)21-31(36)35(20-27-13-7-9-15-30(27)33)28-18-25-11-5-6-12-26(25)19-28;1-9-6-4-5-7-12(9)14-11(3)10(2)8-13(16)15-14;1-10-8-9-15-14(12(10)3)13-7-5-4-6-11(13)2;1-7-4-2-3-5-8(7)6-9;1-4-5(2)6(3)7(8)9;/h4-15,28,32H,16-21H2,1-3H3;4-7,14H,8H2,1-3H3,(H,15,16);4-7,14-15H,8-9H2,1-3H3;2-6H,1H3;4,6H,1-3H3,(H2,8,9);1H/b;;;;5-4+;. The molecule has 6 aromatic rings. The number of benzene rings is 6. The molecule has 10 rings (SSSR count). The van der Waals surface area contributed by atoms with Crippen molar-refractivity contribution in [2.45, 2.75) is 153 Å². The monoisotopic (exact) mass is 1180 g/mol. The van der Waals surface area contributed by atoms with Crippen LogP contribution >= 0.6 is 12.4 Å². The van der Waals surface area contributed by atoms with E-state index in [9.17, 15) is 23.6 Å². The number of primary amides is 1. The van der Waals surface area contributed by atoms with Gasteiger partial charge in [0.15, 0.2) is 0 Å². The van der Waals surface area contributed by atoms with Gasteiger partial charge < -0.3 is 21.3 Å². The Kier molecular flexibility index (Phi) is 26.9. The van der Waals surface area contributed by atoms with Gasteiger partial charge in [-0.1, -0.05) is 179 Å². The number of hydrogen-bond donors (Lipinski definition) is 3. The number of carbonyl (C=O) groups is 4. The fourth-order valence-electron chi connectivity index (χ4n) is 11.5. The lowest BCUT2D eigenvalue weighted by molar-refractivity contribution is -0.136. The summed E-state index contributed by atoms with van der Waals surface area (Å²) in [4.78, 5) is 50.6. The molecule has 456 valence electrons. The van der Waals surface area contributed by atoms with E-state index in [0.717, 1.165) is 55.3 Å². The van der Waals surface area contributed by atoms with Crippen LogP contribution in [0, 0.1) is 39.4 Å². The maximum Gasteiger partial charge on any atom is 0.237 e. The van der Waals surface area contributed by atoms with Gasteiger partial charge in [-0.2, -0.15) is 0 Å². The van der Waals surface area contributed by atoms with Gasteiger partial charge in [0, 0.05) is 36.7 Å². The highest BCUT2D eigenvalue weighted by molar-refractivity contribution is 5.85. The summed E-state index contributed by atoms with van der Waals surface area (Å²) in [6.07, 6.45) is 7.09. The fraction of sp³-hybridized carbons (Fsp3) is 0.360. The van der Waals surface area contributed by atoms with Crippen LogP contribution in [0.2, 0.25) is 0 Å². The van der Waals surface area contributed by atoms with Crippen LogP contribution in [0.1, 0.15) is 166 Å². The number of rotatable bonds is 11. The Hall–Kier alpha value is -7.50. The van der Waals surface area contributed by atoms with Crippen LogP contribution in [0.25, 0.3) is 0 Å². The Bertz CT molecular complexity index is 3410. The minimum absolute atomic E-state index is 0. The van der Waals surface area contributed by atoms with Gasteiger partial charge in [-0.25, -0.2) is 4.39 Å². The van der Waals surface area contributed by atoms with Crippen LogP contribution in [0.5, 0.6) is 0 Å². The van der Waals surface area contributed by atoms with E-state index in [-0.39, 0.29) is 60.0 Å². The molecule has 0 spiro atoms. The lowest BCUT2D eigenvalue weighted by Crippen LogP contribution is -2.47. The Morgan fingerprint density at radius 1 is 0.651 bits per heavy atom. The SMILES string of the molecule is C/C=C(\C)C(C)C(N)=O.CC1=C(C)C(c2ccccc2C)N(CC(=O)N(Cc2ccccc2F)C2Cc3ccccc3C2)CC1.CC1=C(C)C(c2ccccc2C)NC(=O)C1.CC1=C(C)C(c2ccccc2C)NCC1.Cc1ccccc1C=O.Cl. The van der Waals surface area contributed by atoms with Crippen molar-refractivity contribution in [3.8, 4) is 0 Å². The summed E-state index contributed by atoms with van der Waals surface area (Å²) in [6.45, 7) is 29.5. The van der Waals surface area contributed by atoms with E-state index < -0.39 is 0 Å². The number of carbonyl (C=O) groups excluding carboxylic acids is 4. The number of nitrogens with zero attached hydrogens (tertiary/aromatic N) is 2. The number of amides is 3. The number of nitrogens with two attached hydrogens (primary N) is 1. The van der Waals surface area contributed by atoms with Crippen molar-refractivity contribution < 1.29 is 23.6 Å². The number of aryl methyl sites for hydroxylation is 4. The highest BCUT2D eigenvalue weighted by Gasteiger charge is 2.35. The molecule has 3 aliphatic heterocycles. The van der Waals surface area contributed by atoms with Crippen molar-refractivity contribution in [3.63, 3.8) is 0 Å². The first-order chi connectivity index (χ1) is 40.6. The highest BCUT2D eigenvalue weighted by atomic mass is 35.5. The number of aldehydes is 1. The molecule has 4 N–H and O–H groups in total. The molecular formula is C75H93ClFN5O4. The van der Waals surface area contributed by atoms with Crippen LogP contribution in [0.4, 0.5) is 4.39 Å². The number of fused-ring (bicyclic) bond motifs is 1. The molecule has 3 heterocycles. The summed E-state index contributed by atoms with van der Waals surface area (Å²) < 4.78 is 14.7. The third-order valence-corrected chi connectivity index (χ3v) is 17.8. The number of hydrogen-bond acceptors (Lipinski definition) is 6. The molecule has 4 unspecified atom stereocenters. The van der Waals surface area contributed by atoms with Crippen molar-refractivity contribution in [2.24, 2.45) is 11.7 Å². The minimum atomic E-state index is -0.259. The number of allylic oxidation sites excluding steroid dienone is 1. The first kappa shape index (κ1) is 69.3. The zero-order valence-electron chi connectivity index (χ0n) is 53.2. The average Bonchev–Trinajstić information content (AvgIpc) is 2.27. The molecule has 9 nitrogen and oxygen atoms in total. The van der Waals surface area contributed by atoms with Crippen LogP contribution < -0.4 is 16.4 Å². The Balaban J connectivity index is 0.000000223. The van der Waals surface area contributed by atoms with Crippen molar-refractivity contribution in [2.75, 3.05) is 19.6 Å². The molecule has 0 saturated carbocycles. The zero-order valence-corrected chi connectivity index (χ0v) is 54.0. The molecule has 0 saturated heterocycles. The van der Waals surface area contributed by atoms with Gasteiger partial charge in [0.25, 0.3) is 0 Å². The molecule has 6 aromatic carbocycles. The smallest absolute Gasteiger partial charge is 0.237 e. The number of halogens is 2. The van der Waals surface area contributed by atoms with Crippen LogP contribution in [0.15, 0.2) is 191 Å². The van der Waals surface area contributed by atoms with E-state index in [2.05, 4.69) is 156 Å². The molecular weight excluding hydrogens is 1090 g/mol. The number of nitrogens with one attached hydrogen (secondary N) is 2. The van der Waals surface area contributed by atoms with Crippen molar-refractivity contribution in [3.05, 3.63) is 258 Å². The molecule has 0 bridgehead atoms. The fourth-order valence-corrected chi connectivity index (χ4v) is 11.5. The van der Waals surface area contributed by atoms with Crippen molar-refractivity contribution >= 4 is 36.4 Å². The van der Waals surface area contributed by atoms with Crippen LogP contribution in [-0.2, 0) is 33.8 Å². The Labute approximate surface area is 519 Å². The summed E-state index contributed by atoms with van der Waals surface area (Å²) in [7, 11) is 0. The highest BCUT2D eigenvalue weighted by Crippen LogP contribution is 2.38. The predicted octanol–water partition coefficient (Wildman–Crippen LogP) is 16.0. The second-order valence-electron chi connectivity index (χ2n) is 23.5. The normalized spacial score (nSPS) is 18.0. The van der Waals surface area contributed by atoms with E-state index in [1.165, 1.54) is 84.9 Å². The van der Waals surface area contributed by atoms with Crippen LogP contribution in [-0.4, -0.2) is 59.5 Å². The maximum absolute atomic E-state index is 14.7. The van der Waals surface area contributed by atoms with E-state index in [1.807, 2.05) is 81.1 Å². The first-order valence-electron chi connectivity index (χ1n) is 30.1. The minimum Gasteiger partial charge on any atom is -0.369 e. The summed E-state index contributed by atoms with van der Waals surface area (Å²) in [5.74, 6) is -0.435. The van der Waals surface area contributed by atoms with Gasteiger partial charge in [0.1, 0.15) is 12.1 Å². The maximum atomic E-state index is 14.7. The van der Waals surface area contributed by atoms with Gasteiger partial charge in [-0.05, 0) is 184 Å². The average molecular weight is 1180 g/mol. The van der Waals surface area contributed by atoms with Crippen molar-refractivity contribution in [1.82, 2.24) is 20.4 Å². The van der Waals surface area contributed by atoms with Gasteiger partial charge in [-0.15, -0.1) is 12.4 Å². The van der Waals surface area contributed by atoms with E-state index in [1.54, 1.807) is 24.6 Å². The molecule has 11 heteroatoms. The van der Waals surface area contributed by atoms with E-state index in [0.29, 0.717) is 31.1 Å². The molecule has 4 atom stereocenters. The summed E-state index contributed by atoms with van der Waals surface area (Å²) in [5.41, 5.74) is 27.0. The topological polar surface area (TPSA) is 125 Å². The van der Waals surface area contributed by atoms with Gasteiger partial charge in [0.2, 0.25) is 17.7 Å². The Morgan fingerprint density at radius 2 is 1.14 bits per heavy atom. The first-order valence-corrected chi connectivity index (χ1v) is 30.1. The second kappa shape index (κ2) is 33.4. The molecule has 1 aliphatic carbocycles. The predicted molar refractivity (Wildman–Crippen MR) is 355 cm³/mol. The molecule has 0 aromatic heterocycles. The summed E-state index contributed by atoms with van der Waals surface area (Å²) >= 11 is 0. The lowest BCUT2D eigenvalue weighted by atomic mass is 9.87. The van der Waals surface area contributed by atoms with Crippen LogP contribution in [0.3, 0.4) is 0 Å². The third kappa shape index (κ3) is 18.5. The van der Waals surface area contributed by atoms with Gasteiger partial charge in [-0.3, -0.25) is 24.1 Å². The molecule has 86 heavy (non-hydrogen) atoms.